The number of nitrogens with zero attached hydrogens (tertiary/aromatic N) is 5. The molecule has 3 amide bonds. The predicted octanol–water partition coefficient (Wildman–Crippen LogP) is 7.70. The molecule has 1 aliphatic carbocycles. The summed E-state index contributed by atoms with van der Waals surface area (Å²) in [5.74, 6) is -0.878. The van der Waals surface area contributed by atoms with Crippen LogP contribution in [0.25, 0.3) is 11.3 Å². The van der Waals surface area contributed by atoms with Gasteiger partial charge in [0.15, 0.2) is 0 Å². The number of carbonyl (C=O) groups excluding carboxylic acids is 4. The number of likely N-dealkylation sites (N-methyl/N-ethyl adjacent to an activating group) is 1. The Morgan fingerprint density at radius 2 is 1.56 bits per heavy atom. The minimum absolute atomic E-state index is 0.0603. The van der Waals surface area contributed by atoms with Gasteiger partial charge in [0.05, 0.1) is 17.4 Å². The number of amides is 3. The number of hydrogen-bond donors (Lipinski definition) is 1. The summed E-state index contributed by atoms with van der Waals surface area (Å²) in [6, 6.07) is 24.4. The molecule has 0 saturated carbocycles. The summed E-state index contributed by atoms with van der Waals surface area (Å²) < 4.78 is 5.66. The maximum Gasteiger partial charge on any atom is 0.323 e. The summed E-state index contributed by atoms with van der Waals surface area (Å²) >= 11 is 0. The topological polar surface area (TPSA) is 115 Å². The van der Waals surface area contributed by atoms with Crippen LogP contribution >= 0.6 is 0 Å². The number of esters is 1. The van der Waals surface area contributed by atoms with E-state index in [0.717, 1.165) is 75.8 Å². The Kier molecular flexibility index (Phi) is 12.8. The zero-order valence-electron chi connectivity index (χ0n) is 35.2. The lowest BCUT2D eigenvalue weighted by Gasteiger charge is -2.30. The largest absolute Gasteiger partial charge is 0.459 e. The highest BCUT2D eigenvalue weighted by Gasteiger charge is 2.34. The van der Waals surface area contributed by atoms with Gasteiger partial charge in [-0.15, -0.1) is 0 Å². The second-order valence-corrected chi connectivity index (χ2v) is 17.2. The van der Waals surface area contributed by atoms with Gasteiger partial charge in [0.2, 0.25) is 0 Å². The maximum atomic E-state index is 14.3. The van der Waals surface area contributed by atoms with Crippen molar-refractivity contribution in [2.24, 2.45) is 0 Å². The van der Waals surface area contributed by atoms with E-state index in [1.165, 1.54) is 17.5 Å². The van der Waals surface area contributed by atoms with Crippen LogP contribution in [0.4, 0.5) is 11.4 Å². The molecule has 2 unspecified atom stereocenters. The average Bonchev–Trinajstić information content (AvgIpc) is 3.74. The molecule has 4 aromatic rings. The molecule has 3 aliphatic rings. The Labute approximate surface area is 348 Å². The first-order valence-electron chi connectivity index (χ1n) is 21.2. The van der Waals surface area contributed by atoms with Crippen LogP contribution in [0.3, 0.4) is 0 Å². The van der Waals surface area contributed by atoms with Crippen molar-refractivity contribution in [3.63, 3.8) is 0 Å². The first-order valence-corrected chi connectivity index (χ1v) is 21.2. The van der Waals surface area contributed by atoms with E-state index < -0.39 is 5.60 Å². The van der Waals surface area contributed by atoms with E-state index in [0.29, 0.717) is 41.2 Å². The number of nitrogens with one attached hydrogen (secondary N) is 1. The van der Waals surface area contributed by atoms with E-state index in [-0.39, 0.29) is 35.8 Å². The second kappa shape index (κ2) is 18.2. The predicted molar refractivity (Wildman–Crippen MR) is 232 cm³/mol. The van der Waals surface area contributed by atoms with Crippen LogP contribution in [0.2, 0.25) is 0 Å². The van der Waals surface area contributed by atoms with E-state index in [2.05, 4.69) is 33.3 Å². The molecule has 3 heterocycles. The molecular weight excluding hydrogens is 741 g/mol. The molecule has 2 saturated heterocycles. The fourth-order valence-corrected chi connectivity index (χ4v) is 8.65. The van der Waals surface area contributed by atoms with Gasteiger partial charge in [0.25, 0.3) is 17.7 Å². The van der Waals surface area contributed by atoms with Gasteiger partial charge in [-0.2, -0.15) is 0 Å². The molecule has 2 atom stereocenters. The number of fused-ring (bicyclic) bond motifs is 1. The number of anilines is 2. The van der Waals surface area contributed by atoms with Gasteiger partial charge in [-0.1, -0.05) is 30.3 Å². The molecule has 11 nitrogen and oxygen atoms in total. The van der Waals surface area contributed by atoms with Crippen molar-refractivity contribution in [3.8, 4) is 11.3 Å². The Bertz CT molecular complexity index is 2170. The monoisotopic (exact) mass is 798 g/mol. The summed E-state index contributed by atoms with van der Waals surface area (Å²) in [5, 5.41) is 3.28. The number of aryl methyl sites for hydroxylation is 1. The van der Waals surface area contributed by atoms with Gasteiger partial charge < -0.3 is 24.8 Å². The van der Waals surface area contributed by atoms with Crippen molar-refractivity contribution < 1.29 is 23.9 Å². The zero-order chi connectivity index (χ0) is 41.7. The summed E-state index contributed by atoms with van der Waals surface area (Å²) in [5.41, 5.74) is 6.17. The molecular formula is C48H58N6O5. The number of hydrogen-bond acceptors (Lipinski definition) is 8. The number of rotatable bonds is 11. The molecule has 1 aromatic heterocycles. The Morgan fingerprint density at radius 3 is 2.34 bits per heavy atom. The van der Waals surface area contributed by atoms with Crippen LogP contribution in [0.15, 0.2) is 85.1 Å². The van der Waals surface area contributed by atoms with Gasteiger partial charge in [-0.3, -0.25) is 29.1 Å². The van der Waals surface area contributed by atoms with Crippen molar-refractivity contribution >= 4 is 35.1 Å². The molecule has 7 rings (SSSR count). The van der Waals surface area contributed by atoms with E-state index in [1.807, 2.05) is 51.1 Å². The number of likely N-dealkylation sites (tertiary alicyclic amines) is 1. The Hall–Kier alpha value is -5.55. The maximum absolute atomic E-state index is 14.3. The highest BCUT2D eigenvalue weighted by molar-refractivity contribution is 6.09. The summed E-state index contributed by atoms with van der Waals surface area (Å²) in [4.78, 5) is 67.1. The van der Waals surface area contributed by atoms with Gasteiger partial charge in [0, 0.05) is 74.4 Å². The molecule has 1 N–H and O–H groups in total. The minimum atomic E-state index is -0.560. The van der Waals surface area contributed by atoms with Crippen LogP contribution in [0.1, 0.15) is 114 Å². The lowest BCUT2D eigenvalue weighted by atomic mass is 9.87. The van der Waals surface area contributed by atoms with Crippen LogP contribution in [0, 0.1) is 0 Å². The van der Waals surface area contributed by atoms with Crippen LogP contribution in [-0.4, -0.2) is 96.9 Å². The quantitative estimate of drug-likeness (QED) is 0.154. The van der Waals surface area contributed by atoms with Gasteiger partial charge in [-0.05, 0) is 138 Å². The molecule has 0 radical (unpaired) electrons. The van der Waals surface area contributed by atoms with Crippen molar-refractivity contribution in [2.75, 3.05) is 56.6 Å². The normalized spacial score (nSPS) is 18.2. The van der Waals surface area contributed by atoms with Crippen molar-refractivity contribution in [2.45, 2.75) is 89.8 Å². The van der Waals surface area contributed by atoms with E-state index in [9.17, 15) is 19.2 Å². The summed E-state index contributed by atoms with van der Waals surface area (Å²) in [6.45, 7) is 9.23. The number of pyridine rings is 1. The molecule has 310 valence electrons. The van der Waals surface area contributed by atoms with Crippen LogP contribution in [-0.2, 0) is 16.0 Å². The number of ether oxygens (including phenoxy) is 1. The fraction of sp³-hybridized carbons (Fsp3) is 0.438. The number of piperidine rings is 1. The standard InChI is InChI=1S/C48H58N6O5/c1-48(2,3)59-47(58)43-20-13-27-54(43)29-28-51(4)45(56)35-16-11-17-36(30-35)46(57)52(5)42-22-21-37(53-25-9-6-10-26-53)32-39(42)41-31-34(23-24-49-41)44(55)50-40-19-12-15-33-14-7-8-18-38(33)40/h7-8,11,14,16-18,21-24,30-32,40,43H,6,9-10,12-13,15,19-20,25-29H2,1-5H3,(H,50,55). The van der Waals surface area contributed by atoms with Crippen molar-refractivity contribution in [3.05, 3.63) is 113 Å². The van der Waals surface area contributed by atoms with Crippen LogP contribution < -0.4 is 15.1 Å². The Balaban J connectivity index is 1.09. The van der Waals surface area contributed by atoms with Crippen LogP contribution in [0.5, 0.6) is 0 Å². The molecule has 0 spiro atoms. The van der Waals surface area contributed by atoms with Gasteiger partial charge in [0.1, 0.15) is 11.6 Å². The Morgan fingerprint density at radius 1 is 0.797 bits per heavy atom. The molecule has 3 aromatic carbocycles. The van der Waals surface area contributed by atoms with Gasteiger partial charge >= 0.3 is 5.97 Å². The summed E-state index contributed by atoms with van der Waals surface area (Å²) in [6.07, 6.45) is 9.63. The number of aromatic nitrogens is 1. The van der Waals surface area contributed by atoms with E-state index in [4.69, 9.17) is 9.72 Å². The highest BCUT2D eigenvalue weighted by Crippen LogP contribution is 2.36. The zero-order valence-corrected chi connectivity index (χ0v) is 35.2. The SMILES string of the molecule is CN(CCN1CCCC1C(=O)OC(C)(C)C)C(=O)c1cccc(C(=O)N(C)c2ccc(N3CCCCC3)cc2-c2cc(C(=O)NC3CCCc4ccccc43)ccn2)c1. The molecule has 59 heavy (non-hydrogen) atoms. The van der Waals surface area contributed by atoms with Gasteiger partial charge in [-0.25, -0.2) is 0 Å². The highest BCUT2D eigenvalue weighted by atomic mass is 16.6. The molecule has 11 heteroatoms. The molecule has 2 aliphatic heterocycles. The minimum Gasteiger partial charge on any atom is -0.459 e. The number of carbonyl (C=O) groups is 4. The third kappa shape index (κ3) is 9.84. The summed E-state index contributed by atoms with van der Waals surface area (Å²) in [7, 11) is 3.48. The first-order chi connectivity index (χ1) is 28.4. The lowest BCUT2D eigenvalue weighted by molar-refractivity contribution is -0.160. The van der Waals surface area contributed by atoms with E-state index >= 15 is 0 Å². The fourth-order valence-electron chi connectivity index (χ4n) is 8.65. The second-order valence-electron chi connectivity index (χ2n) is 17.2. The molecule has 0 bridgehead atoms. The van der Waals surface area contributed by atoms with Crippen molar-refractivity contribution in [1.29, 1.82) is 0 Å². The number of benzene rings is 3. The average molecular weight is 799 g/mol. The first kappa shape index (κ1) is 41.6. The van der Waals surface area contributed by atoms with E-state index in [1.54, 1.807) is 60.4 Å². The smallest absolute Gasteiger partial charge is 0.323 e. The third-order valence-electron chi connectivity index (χ3n) is 11.8. The molecule has 2 fully saturated rings. The third-order valence-corrected chi connectivity index (χ3v) is 11.8. The van der Waals surface area contributed by atoms with Crippen molar-refractivity contribution in [1.82, 2.24) is 20.1 Å². The lowest BCUT2D eigenvalue weighted by Crippen LogP contribution is -2.44.